The van der Waals surface area contributed by atoms with Crippen LogP contribution >= 0.6 is 0 Å². The summed E-state index contributed by atoms with van der Waals surface area (Å²) < 4.78 is 23.9. The number of carbonyl (C=O) groups excluding carboxylic acids is 1. The number of carbonyl (C=O) groups is 1. The van der Waals surface area contributed by atoms with Crippen molar-refractivity contribution >= 4 is 15.9 Å². The van der Waals surface area contributed by atoms with Crippen molar-refractivity contribution in [2.45, 2.75) is 20.3 Å². The lowest BCUT2D eigenvalue weighted by molar-refractivity contribution is -0.129. The van der Waals surface area contributed by atoms with Gasteiger partial charge in [-0.1, -0.05) is 0 Å². The second-order valence-corrected chi connectivity index (χ2v) is 5.60. The summed E-state index contributed by atoms with van der Waals surface area (Å²) in [6.07, 6.45) is 1.79. The number of hydrogen-bond acceptors (Lipinski definition) is 4. The Labute approximate surface area is 104 Å². The molecule has 7 heteroatoms. The van der Waals surface area contributed by atoms with Gasteiger partial charge in [-0.05, 0) is 26.8 Å². The number of likely N-dealkylation sites (N-methyl/N-ethyl adjacent to an activating group) is 1. The summed E-state index contributed by atoms with van der Waals surface area (Å²) in [6, 6.07) is 0. The molecule has 0 rings (SSSR count). The Morgan fingerprint density at radius 2 is 1.76 bits per heavy atom. The van der Waals surface area contributed by atoms with Gasteiger partial charge in [-0.2, -0.15) is 0 Å². The van der Waals surface area contributed by atoms with Gasteiger partial charge in [0.1, 0.15) is 0 Å². The molecular formula is C10H23N3O3S. The van der Waals surface area contributed by atoms with Gasteiger partial charge in [0.25, 0.3) is 0 Å². The van der Waals surface area contributed by atoms with E-state index in [1.807, 2.05) is 13.8 Å². The highest BCUT2D eigenvalue weighted by molar-refractivity contribution is 7.88. The number of amides is 1. The summed E-state index contributed by atoms with van der Waals surface area (Å²) in [6.45, 7) is 6.63. The van der Waals surface area contributed by atoms with E-state index < -0.39 is 10.0 Å². The van der Waals surface area contributed by atoms with Gasteiger partial charge in [0, 0.05) is 19.6 Å². The fraction of sp³-hybridized carbons (Fsp3) is 0.900. The molecule has 2 N–H and O–H groups in total. The van der Waals surface area contributed by atoms with Crippen LogP contribution in [0.25, 0.3) is 0 Å². The molecule has 17 heavy (non-hydrogen) atoms. The molecule has 0 bridgehead atoms. The van der Waals surface area contributed by atoms with E-state index in [4.69, 9.17) is 0 Å². The van der Waals surface area contributed by atoms with E-state index in [2.05, 4.69) is 10.0 Å². The Bertz CT molecular complexity index is 313. The summed E-state index contributed by atoms with van der Waals surface area (Å²) in [5.74, 6) is 0.0751. The Hall–Kier alpha value is -0.660. The highest BCUT2D eigenvalue weighted by Crippen LogP contribution is 1.87. The molecule has 0 aliphatic rings. The van der Waals surface area contributed by atoms with E-state index in [-0.39, 0.29) is 5.91 Å². The van der Waals surface area contributed by atoms with E-state index in [0.29, 0.717) is 39.1 Å². The molecule has 0 saturated heterocycles. The number of nitrogens with one attached hydrogen (secondary N) is 2. The summed E-state index contributed by atoms with van der Waals surface area (Å²) in [5.41, 5.74) is 0. The zero-order chi connectivity index (χ0) is 13.3. The molecular weight excluding hydrogens is 242 g/mol. The van der Waals surface area contributed by atoms with Gasteiger partial charge < -0.3 is 10.2 Å². The van der Waals surface area contributed by atoms with Crippen LogP contribution in [0.3, 0.4) is 0 Å². The molecule has 0 saturated carbocycles. The second-order valence-electron chi connectivity index (χ2n) is 3.76. The van der Waals surface area contributed by atoms with E-state index in [9.17, 15) is 13.2 Å². The van der Waals surface area contributed by atoms with Crippen molar-refractivity contribution in [2.75, 3.05) is 39.0 Å². The lowest BCUT2D eigenvalue weighted by atomic mass is 10.4. The summed E-state index contributed by atoms with van der Waals surface area (Å²) in [7, 11) is -3.10. The third-order valence-electron chi connectivity index (χ3n) is 2.29. The van der Waals surface area contributed by atoms with Gasteiger partial charge in [0.15, 0.2) is 0 Å². The maximum absolute atomic E-state index is 11.5. The van der Waals surface area contributed by atoms with Crippen LogP contribution < -0.4 is 10.0 Å². The molecule has 0 aromatic heterocycles. The van der Waals surface area contributed by atoms with E-state index in [1.54, 1.807) is 4.90 Å². The van der Waals surface area contributed by atoms with Gasteiger partial charge in [0.2, 0.25) is 15.9 Å². The van der Waals surface area contributed by atoms with Crippen molar-refractivity contribution in [1.82, 2.24) is 14.9 Å². The van der Waals surface area contributed by atoms with Crippen LogP contribution in [0.2, 0.25) is 0 Å². The topological polar surface area (TPSA) is 78.5 Å². The molecule has 0 aromatic carbocycles. The third kappa shape index (κ3) is 9.08. The number of hydrogen-bond donors (Lipinski definition) is 2. The highest BCUT2D eigenvalue weighted by Gasteiger charge is 2.07. The Balaban J connectivity index is 3.55. The zero-order valence-corrected chi connectivity index (χ0v) is 11.6. The van der Waals surface area contributed by atoms with Gasteiger partial charge >= 0.3 is 0 Å². The molecule has 0 spiro atoms. The molecule has 0 unspecified atom stereocenters. The molecule has 0 atom stereocenters. The molecule has 0 heterocycles. The van der Waals surface area contributed by atoms with Crippen LogP contribution in [0.4, 0.5) is 0 Å². The Morgan fingerprint density at radius 1 is 1.18 bits per heavy atom. The van der Waals surface area contributed by atoms with Gasteiger partial charge in [0.05, 0.1) is 12.8 Å². The van der Waals surface area contributed by atoms with Crippen molar-refractivity contribution in [3.63, 3.8) is 0 Å². The van der Waals surface area contributed by atoms with Gasteiger partial charge in [-0.3, -0.25) is 4.79 Å². The summed E-state index contributed by atoms with van der Waals surface area (Å²) >= 11 is 0. The molecule has 102 valence electrons. The fourth-order valence-corrected chi connectivity index (χ4v) is 1.87. The smallest absolute Gasteiger partial charge is 0.236 e. The maximum Gasteiger partial charge on any atom is 0.236 e. The first-order valence-electron chi connectivity index (χ1n) is 5.83. The Kier molecular flexibility index (Phi) is 8.11. The summed E-state index contributed by atoms with van der Waals surface area (Å²) in [5, 5.41) is 2.99. The third-order valence-corrected chi connectivity index (χ3v) is 3.02. The predicted octanol–water partition coefficient (Wildman–Crippen LogP) is -0.616. The average molecular weight is 265 g/mol. The highest BCUT2D eigenvalue weighted by atomic mass is 32.2. The molecule has 1 amide bonds. The first kappa shape index (κ1) is 16.3. The van der Waals surface area contributed by atoms with E-state index in [1.165, 1.54) is 0 Å². The molecule has 0 aliphatic heterocycles. The minimum atomic E-state index is -3.10. The fourth-order valence-electron chi connectivity index (χ4n) is 1.35. The monoisotopic (exact) mass is 265 g/mol. The van der Waals surface area contributed by atoms with Crippen molar-refractivity contribution in [1.29, 1.82) is 0 Å². The molecule has 0 fully saturated rings. The van der Waals surface area contributed by atoms with Crippen LogP contribution in [-0.2, 0) is 14.8 Å². The lowest BCUT2D eigenvalue weighted by Crippen LogP contribution is -2.38. The first-order chi connectivity index (χ1) is 7.90. The molecule has 6 nitrogen and oxygen atoms in total. The SMILES string of the molecule is CCN(CC)C(=O)CNCCCNS(C)(=O)=O. The summed E-state index contributed by atoms with van der Waals surface area (Å²) in [4.78, 5) is 13.3. The second kappa shape index (κ2) is 8.43. The normalized spacial score (nSPS) is 11.5. The van der Waals surface area contributed by atoms with Crippen molar-refractivity contribution < 1.29 is 13.2 Å². The minimum absolute atomic E-state index is 0.0751. The van der Waals surface area contributed by atoms with E-state index in [0.717, 1.165) is 6.26 Å². The quantitative estimate of drug-likeness (QED) is 0.545. The lowest BCUT2D eigenvalue weighted by Gasteiger charge is -2.18. The number of rotatable bonds is 9. The van der Waals surface area contributed by atoms with Gasteiger partial charge in [-0.25, -0.2) is 13.1 Å². The van der Waals surface area contributed by atoms with E-state index >= 15 is 0 Å². The van der Waals surface area contributed by atoms with Gasteiger partial charge in [-0.15, -0.1) is 0 Å². The predicted molar refractivity (Wildman–Crippen MR) is 68.3 cm³/mol. The van der Waals surface area contributed by atoms with Crippen LogP contribution in [-0.4, -0.2) is 58.2 Å². The maximum atomic E-state index is 11.5. The standard InChI is InChI=1S/C10H23N3O3S/c1-4-13(5-2)10(14)9-11-7-6-8-12-17(3,15)16/h11-12H,4-9H2,1-3H3. The largest absolute Gasteiger partial charge is 0.342 e. The molecule has 0 aromatic rings. The van der Waals surface area contributed by atoms with Crippen molar-refractivity contribution in [3.8, 4) is 0 Å². The zero-order valence-electron chi connectivity index (χ0n) is 10.8. The first-order valence-corrected chi connectivity index (χ1v) is 7.73. The Morgan fingerprint density at radius 3 is 2.24 bits per heavy atom. The molecule has 0 aliphatic carbocycles. The average Bonchev–Trinajstić information content (AvgIpc) is 2.23. The minimum Gasteiger partial charge on any atom is -0.342 e. The number of sulfonamides is 1. The number of nitrogens with zero attached hydrogens (tertiary/aromatic N) is 1. The van der Waals surface area contributed by atoms with Crippen LogP contribution in [0.1, 0.15) is 20.3 Å². The van der Waals surface area contributed by atoms with Crippen molar-refractivity contribution in [2.24, 2.45) is 0 Å². The van der Waals surface area contributed by atoms with Crippen LogP contribution in [0.5, 0.6) is 0 Å². The molecule has 0 radical (unpaired) electrons. The van der Waals surface area contributed by atoms with Crippen LogP contribution in [0.15, 0.2) is 0 Å². The van der Waals surface area contributed by atoms with Crippen molar-refractivity contribution in [3.05, 3.63) is 0 Å². The van der Waals surface area contributed by atoms with Crippen LogP contribution in [0, 0.1) is 0 Å².